The molecule has 5 heteroatoms. The predicted octanol–water partition coefficient (Wildman–Crippen LogP) is 4.87. The van der Waals surface area contributed by atoms with Gasteiger partial charge in [0.2, 0.25) is 5.91 Å². The van der Waals surface area contributed by atoms with Crippen molar-refractivity contribution in [2.45, 2.75) is 44.8 Å². The second kappa shape index (κ2) is 7.12. The third-order valence-electron chi connectivity index (χ3n) is 6.13. The summed E-state index contributed by atoms with van der Waals surface area (Å²) in [6.45, 7) is 7.11. The van der Waals surface area contributed by atoms with Crippen molar-refractivity contribution >= 4 is 11.6 Å². The molecule has 2 aromatic carbocycles. The topological polar surface area (TPSA) is 51.7 Å². The number of ether oxygens (including phenoxy) is 2. The van der Waals surface area contributed by atoms with E-state index >= 15 is 0 Å². The van der Waals surface area contributed by atoms with Gasteiger partial charge in [-0.1, -0.05) is 30.3 Å². The molecule has 3 heterocycles. The maximum Gasteiger partial charge on any atom is 0.242 e. The Balaban J connectivity index is 1.69. The van der Waals surface area contributed by atoms with Crippen LogP contribution in [0.3, 0.4) is 0 Å². The molecule has 5 nitrogen and oxygen atoms in total. The van der Waals surface area contributed by atoms with Crippen LogP contribution < -0.4 is 14.4 Å². The van der Waals surface area contributed by atoms with Crippen LogP contribution in [0.25, 0.3) is 0 Å². The van der Waals surface area contributed by atoms with Gasteiger partial charge in [-0.05, 0) is 50.1 Å². The molecule has 2 aliphatic heterocycles. The molecule has 1 aromatic heterocycles. The van der Waals surface area contributed by atoms with Crippen LogP contribution in [-0.2, 0) is 16.8 Å². The van der Waals surface area contributed by atoms with Gasteiger partial charge in [0.05, 0.1) is 13.2 Å². The third-order valence-corrected chi connectivity index (χ3v) is 6.13. The lowest BCUT2D eigenvalue weighted by Gasteiger charge is -2.43. The molecule has 1 amide bonds. The van der Waals surface area contributed by atoms with Crippen molar-refractivity contribution in [3.63, 3.8) is 0 Å². The average Bonchev–Trinajstić information content (AvgIpc) is 2.97. The van der Waals surface area contributed by atoms with E-state index in [-0.39, 0.29) is 5.91 Å². The van der Waals surface area contributed by atoms with E-state index in [9.17, 15) is 4.79 Å². The van der Waals surface area contributed by atoms with E-state index in [1.54, 1.807) is 6.20 Å². The van der Waals surface area contributed by atoms with Gasteiger partial charge in [0.15, 0.2) is 0 Å². The van der Waals surface area contributed by atoms with E-state index in [1.165, 1.54) is 0 Å². The smallest absolute Gasteiger partial charge is 0.242 e. The number of hydrogen-bond donors (Lipinski definition) is 0. The number of amides is 1. The number of carbonyl (C=O) groups is 1. The minimum atomic E-state index is -0.791. The largest absolute Gasteiger partial charge is 0.494 e. The molecular weight excluding hydrogens is 388 g/mol. The first-order valence-corrected chi connectivity index (χ1v) is 10.7. The van der Waals surface area contributed by atoms with Gasteiger partial charge in [0, 0.05) is 36.1 Å². The molecule has 2 aliphatic rings. The number of fused-ring (bicyclic) bond motifs is 4. The normalized spacial score (nSPS) is 20.9. The van der Waals surface area contributed by atoms with Gasteiger partial charge in [-0.25, -0.2) is 0 Å². The number of pyridine rings is 1. The Labute approximate surface area is 182 Å². The highest BCUT2D eigenvalue weighted by Gasteiger charge is 2.58. The molecule has 5 rings (SSSR count). The minimum Gasteiger partial charge on any atom is -0.494 e. The standard InChI is InChI=1S/C26H26N2O3/c1-4-30-19-11-12-21-23(14-19)31-25(2,3)17-26(21)20-9-5-6-10-22(20)28(24(26)29)16-18-8-7-13-27-15-18/h5-15H,4,16-17H2,1-3H3. The Bertz CT molecular complexity index is 1140. The number of rotatable bonds is 4. The van der Waals surface area contributed by atoms with Crippen LogP contribution in [0.4, 0.5) is 5.69 Å². The number of nitrogens with zero attached hydrogens (tertiary/aromatic N) is 2. The number of anilines is 1. The van der Waals surface area contributed by atoms with Gasteiger partial charge in [-0.3, -0.25) is 9.78 Å². The summed E-state index contributed by atoms with van der Waals surface area (Å²) in [6.07, 6.45) is 4.13. The number of carbonyl (C=O) groups excluding carboxylic acids is 1. The third kappa shape index (κ3) is 3.07. The molecule has 0 radical (unpaired) electrons. The second-order valence-electron chi connectivity index (χ2n) is 8.80. The lowest BCUT2D eigenvalue weighted by molar-refractivity contribution is -0.124. The van der Waals surface area contributed by atoms with Crippen molar-refractivity contribution in [2.24, 2.45) is 0 Å². The number of hydrogen-bond acceptors (Lipinski definition) is 4. The maximum atomic E-state index is 14.2. The van der Waals surface area contributed by atoms with E-state index in [1.807, 2.05) is 80.4 Å². The van der Waals surface area contributed by atoms with E-state index in [2.05, 4.69) is 11.1 Å². The van der Waals surface area contributed by atoms with E-state index in [0.29, 0.717) is 25.3 Å². The van der Waals surface area contributed by atoms with Gasteiger partial charge >= 0.3 is 0 Å². The summed E-state index contributed by atoms with van der Waals surface area (Å²) in [5.74, 6) is 1.55. The number of para-hydroxylation sites is 1. The molecule has 3 aromatic rings. The number of aromatic nitrogens is 1. The van der Waals surface area contributed by atoms with Gasteiger partial charge < -0.3 is 14.4 Å². The van der Waals surface area contributed by atoms with Crippen LogP contribution in [0.15, 0.2) is 67.0 Å². The quantitative estimate of drug-likeness (QED) is 0.611. The number of benzene rings is 2. The molecule has 0 N–H and O–H groups in total. The zero-order valence-electron chi connectivity index (χ0n) is 18.1. The molecule has 158 valence electrons. The fourth-order valence-corrected chi connectivity index (χ4v) is 5.05. The average molecular weight is 415 g/mol. The van der Waals surface area contributed by atoms with Crippen molar-refractivity contribution in [3.05, 3.63) is 83.7 Å². The monoisotopic (exact) mass is 414 g/mol. The van der Waals surface area contributed by atoms with Crippen LogP contribution in [0, 0.1) is 0 Å². The summed E-state index contributed by atoms with van der Waals surface area (Å²) >= 11 is 0. The van der Waals surface area contributed by atoms with Crippen LogP contribution in [-0.4, -0.2) is 23.1 Å². The molecule has 0 bridgehead atoms. The SMILES string of the molecule is CCOc1ccc2c(c1)OC(C)(C)CC21C(=O)N(Cc2cccnc2)c2ccccc21. The van der Waals surface area contributed by atoms with Gasteiger partial charge in [-0.15, -0.1) is 0 Å². The highest BCUT2D eigenvalue weighted by molar-refractivity contribution is 6.11. The van der Waals surface area contributed by atoms with Crippen LogP contribution in [0.5, 0.6) is 11.5 Å². The molecule has 1 spiro atoms. The minimum absolute atomic E-state index is 0.0827. The maximum absolute atomic E-state index is 14.2. The first-order chi connectivity index (χ1) is 14.9. The Hall–Kier alpha value is -3.34. The van der Waals surface area contributed by atoms with Gasteiger partial charge in [-0.2, -0.15) is 0 Å². The van der Waals surface area contributed by atoms with Gasteiger partial charge in [0.1, 0.15) is 22.5 Å². The first-order valence-electron chi connectivity index (χ1n) is 10.7. The Morgan fingerprint density at radius 1 is 1.10 bits per heavy atom. The Morgan fingerprint density at radius 3 is 2.71 bits per heavy atom. The van der Waals surface area contributed by atoms with Crippen molar-refractivity contribution < 1.29 is 14.3 Å². The summed E-state index contributed by atoms with van der Waals surface area (Å²) in [5, 5.41) is 0. The van der Waals surface area contributed by atoms with Crippen molar-refractivity contribution in [3.8, 4) is 11.5 Å². The first kappa shape index (κ1) is 19.6. The highest BCUT2D eigenvalue weighted by atomic mass is 16.5. The molecule has 0 saturated carbocycles. The van der Waals surface area contributed by atoms with Crippen molar-refractivity contribution in [1.82, 2.24) is 4.98 Å². The summed E-state index contributed by atoms with van der Waals surface area (Å²) < 4.78 is 12.1. The fourth-order valence-electron chi connectivity index (χ4n) is 5.05. The molecule has 0 fully saturated rings. The van der Waals surface area contributed by atoms with Crippen LogP contribution in [0.2, 0.25) is 0 Å². The summed E-state index contributed by atoms with van der Waals surface area (Å²) in [6, 6.07) is 17.9. The Morgan fingerprint density at radius 2 is 1.94 bits per heavy atom. The van der Waals surface area contributed by atoms with Gasteiger partial charge in [0.25, 0.3) is 0 Å². The highest BCUT2D eigenvalue weighted by Crippen LogP contribution is 2.56. The summed E-state index contributed by atoms with van der Waals surface area (Å²) in [7, 11) is 0. The van der Waals surface area contributed by atoms with Crippen molar-refractivity contribution in [1.29, 1.82) is 0 Å². The predicted molar refractivity (Wildman–Crippen MR) is 120 cm³/mol. The lowest BCUT2D eigenvalue weighted by Crippen LogP contribution is -2.50. The second-order valence-corrected chi connectivity index (χ2v) is 8.80. The van der Waals surface area contributed by atoms with E-state index in [0.717, 1.165) is 28.1 Å². The molecule has 1 unspecified atom stereocenters. The van der Waals surface area contributed by atoms with E-state index < -0.39 is 11.0 Å². The molecular formula is C26H26N2O3. The zero-order chi connectivity index (χ0) is 21.6. The summed E-state index contributed by atoms with van der Waals surface area (Å²) in [5.41, 5.74) is 2.59. The summed E-state index contributed by atoms with van der Waals surface area (Å²) in [4.78, 5) is 20.3. The molecule has 31 heavy (non-hydrogen) atoms. The molecule has 0 aliphatic carbocycles. The fraction of sp³-hybridized carbons (Fsp3) is 0.308. The molecule has 1 atom stereocenters. The van der Waals surface area contributed by atoms with E-state index in [4.69, 9.17) is 9.47 Å². The van der Waals surface area contributed by atoms with Crippen molar-refractivity contribution in [2.75, 3.05) is 11.5 Å². The van der Waals surface area contributed by atoms with Crippen LogP contribution in [0.1, 0.15) is 43.9 Å². The zero-order valence-corrected chi connectivity index (χ0v) is 18.1. The lowest BCUT2D eigenvalue weighted by atomic mass is 9.67. The molecule has 0 saturated heterocycles. The Kier molecular flexibility index (Phi) is 4.50. The van der Waals surface area contributed by atoms with Crippen LogP contribution >= 0.6 is 0 Å².